The van der Waals surface area contributed by atoms with Crippen molar-refractivity contribution in [3.63, 3.8) is 0 Å². The molecule has 2 rings (SSSR count). The van der Waals surface area contributed by atoms with E-state index < -0.39 is 0 Å². The van der Waals surface area contributed by atoms with Crippen molar-refractivity contribution in [1.82, 2.24) is 4.98 Å². The van der Waals surface area contributed by atoms with Gasteiger partial charge in [0, 0.05) is 31.6 Å². The summed E-state index contributed by atoms with van der Waals surface area (Å²) in [6.45, 7) is 3.45. The Labute approximate surface area is 120 Å². The van der Waals surface area contributed by atoms with Crippen molar-refractivity contribution in [2.45, 2.75) is 51.8 Å². The van der Waals surface area contributed by atoms with Crippen molar-refractivity contribution in [3.05, 3.63) is 10.6 Å². The maximum absolute atomic E-state index is 5.80. The SMILES string of the molecule is COCc1nc(N(C)C2CCCCC2C)sc1CN. The zero-order valence-electron chi connectivity index (χ0n) is 12.2. The summed E-state index contributed by atoms with van der Waals surface area (Å²) in [5.74, 6) is 0.745. The highest BCUT2D eigenvalue weighted by atomic mass is 32.1. The van der Waals surface area contributed by atoms with Crippen LogP contribution in [0.15, 0.2) is 0 Å². The normalized spacial score (nSPS) is 23.6. The van der Waals surface area contributed by atoms with E-state index in [-0.39, 0.29) is 0 Å². The lowest BCUT2D eigenvalue weighted by molar-refractivity contribution is 0.181. The Balaban J connectivity index is 2.15. The molecule has 1 saturated carbocycles. The van der Waals surface area contributed by atoms with Crippen LogP contribution in [0.2, 0.25) is 0 Å². The lowest BCUT2D eigenvalue weighted by Crippen LogP contribution is -2.38. The van der Waals surface area contributed by atoms with Gasteiger partial charge in [0.1, 0.15) is 0 Å². The van der Waals surface area contributed by atoms with Gasteiger partial charge in [-0.1, -0.05) is 19.8 Å². The van der Waals surface area contributed by atoms with Crippen LogP contribution < -0.4 is 10.6 Å². The second-order valence-corrected chi connectivity index (χ2v) is 6.51. The molecule has 2 N–H and O–H groups in total. The van der Waals surface area contributed by atoms with E-state index in [4.69, 9.17) is 15.5 Å². The summed E-state index contributed by atoms with van der Waals surface area (Å²) in [5.41, 5.74) is 6.80. The molecule has 0 spiro atoms. The van der Waals surface area contributed by atoms with E-state index >= 15 is 0 Å². The quantitative estimate of drug-likeness (QED) is 0.903. The number of thiazole rings is 1. The molecule has 5 heteroatoms. The van der Waals surface area contributed by atoms with E-state index in [0.29, 0.717) is 19.2 Å². The molecular weight excluding hydrogens is 258 g/mol. The van der Waals surface area contributed by atoms with Gasteiger partial charge >= 0.3 is 0 Å². The fourth-order valence-electron chi connectivity index (χ4n) is 2.94. The average Bonchev–Trinajstić information content (AvgIpc) is 2.82. The third-order valence-electron chi connectivity index (χ3n) is 4.10. The summed E-state index contributed by atoms with van der Waals surface area (Å²) < 4.78 is 5.20. The topological polar surface area (TPSA) is 51.4 Å². The van der Waals surface area contributed by atoms with Gasteiger partial charge in [-0.25, -0.2) is 4.98 Å². The summed E-state index contributed by atoms with van der Waals surface area (Å²) in [7, 11) is 3.87. The molecule has 4 nitrogen and oxygen atoms in total. The number of hydrogen-bond acceptors (Lipinski definition) is 5. The number of rotatable bonds is 5. The lowest BCUT2D eigenvalue weighted by Gasteiger charge is -2.36. The standard InChI is InChI=1S/C14H25N3OS/c1-10-6-4-5-7-12(10)17(2)14-16-11(9-18-3)13(8-15)19-14/h10,12H,4-9,15H2,1-3H3. The van der Waals surface area contributed by atoms with Gasteiger partial charge in [-0.05, 0) is 18.8 Å². The molecule has 0 amide bonds. The average molecular weight is 283 g/mol. The molecule has 1 heterocycles. The first-order valence-corrected chi connectivity index (χ1v) is 7.89. The van der Waals surface area contributed by atoms with E-state index in [9.17, 15) is 0 Å². The highest BCUT2D eigenvalue weighted by molar-refractivity contribution is 7.15. The van der Waals surface area contributed by atoms with Crippen molar-refractivity contribution in [2.75, 3.05) is 19.1 Å². The summed E-state index contributed by atoms with van der Waals surface area (Å²) in [5, 5.41) is 1.09. The molecule has 0 saturated heterocycles. The molecule has 1 aromatic heterocycles. The minimum Gasteiger partial charge on any atom is -0.378 e. The number of hydrogen-bond donors (Lipinski definition) is 1. The first-order valence-electron chi connectivity index (χ1n) is 7.07. The highest BCUT2D eigenvalue weighted by Gasteiger charge is 2.27. The van der Waals surface area contributed by atoms with Crippen LogP contribution in [0.4, 0.5) is 5.13 Å². The first kappa shape index (κ1) is 14.8. The van der Waals surface area contributed by atoms with Crippen molar-refractivity contribution in [3.8, 4) is 0 Å². The van der Waals surface area contributed by atoms with Crippen LogP contribution in [0.1, 0.15) is 43.2 Å². The Hall–Kier alpha value is -0.650. The van der Waals surface area contributed by atoms with Gasteiger partial charge in [0.15, 0.2) is 5.13 Å². The molecule has 1 aliphatic carbocycles. The third-order valence-corrected chi connectivity index (χ3v) is 5.31. The molecule has 0 radical (unpaired) electrons. The number of ether oxygens (including phenoxy) is 1. The predicted molar refractivity (Wildman–Crippen MR) is 80.5 cm³/mol. The zero-order valence-corrected chi connectivity index (χ0v) is 13.0. The van der Waals surface area contributed by atoms with Crippen LogP contribution in [-0.2, 0) is 17.9 Å². The maximum atomic E-state index is 5.80. The van der Waals surface area contributed by atoms with Gasteiger partial charge in [-0.3, -0.25) is 0 Å². The second-order valence-electron chi connectivity index (χ2n) is 5.44. The van der Waals surface area contributed by atoms with Gasteiger partial charge in [0.25, 0.3) is 0 Å². The number of nitrogens with zero attached hydrogens (tertiary/aromatic N) is 2. The van der Waals surface area contributed by atoms with Gasteiger partial charge in [-0.2, -0.15) is 0 Å². The molecule has 1 aromatic rings. The van der Waals surface area contributed by atoms with E-state index in [2.05, 4.69) is 18.9 Å². The summed E-state index contributed by atoms with van der Waals surface area (Å²) in [6, 6.07) is 0.612. The minimum atomic E-state index is 0.546. The smallest absolute Gasteiger partial charge is 0.185 e. The number of anilines is 1. The molecule has 0 aliphatic heterocycles. The summed E-state index contributed by atoms with van der Waals surface area (Å²) in [4.78, 5) is 8.22. The Morgan fingerprint density at radius 1 is 1.42 bits per heavy atom. The van der Waals surface area contributed by atoms with Crippen LogP contribution >= 0.6 is 11.3 Å². The van der Waals surface area contributed by atoms with Gasteiger partial charge in [0.2, 0.25) is 0 Å². The first-order chi connectivity index (χ1) is 9.17. The van der Waals surface area contributed by atoms with Crippen LogP contribution in [0.5, 0.6) is 0 Å². The molecule has 2 atom stereocenters. The zero-order chi connectivity index (χ0) is 13.8. The van der Waals surface area contributed by atoms with E-state index in [1.165, 1.54) is 25.7 Å². The van der Waals surface area contributed by atoms with Crippen molar-refractivity contribution < 1.29 is 4.74 Å². The van der Waals surface area contributed by atoms with Gasteiger partial charge in [0.05, 0.1) is 12.3 Å². The Morgan fingerprint density at radius 3 is 2.79 bits per heavy atom. The molecular formula is C14H25N3OS. The van der Waals surface area contributed by atoms with Crippen LogP contribution in [0.25, 0.3) is 0 Å². The highest BCUT2D eigenvalue weighted by Crippen LogP contribution is 2.33. The van der Waals surface area contributed by atoms with Crippen LogP contribution in [0.3, 0.4) is 0 Å². The Kier molecular flexibility index (Phi) is 5.19. The van der Waals surface area contributed by atoms with Crippen molar-refractivity contribution >= 4 is 16.5 Å². The second kappa shape index (κ2) is 6.68. The molecule has 1 aliphatic rings. The molecule has 0 bridgehead atoms. The van der Waals surface area contributed by atoms with Crippen molar-refractivity contribution in [2.24, 2.45) is 11.7 Å². The van der Waals surface area contributed by atoms with E-state index in [1.807, 2.05) is 0 Å². The molecule has 1 fully saturated rings. The largest absolute Gasteiger partial charge is 0.378 e. The van der Waals surface area contributed by atoms with E-state index in [1.54, 1.807) is 18.4 Å². The molecule has 19 heavy (non-hydrogen) atoms. The molecule has 0 aromatic carbocycles. The molecule has 2 unspecified atom stereocenters. The Bertz CT molecular complexity index is 407. The summed E-state index contributed by atoms with van der Waals surface area (Å²) >= 11 is 1.71. The van der Waals surface area contributed by atoms with E-state index in [0.717, 1.165) is 21.6 Å². The Morgan fingerprint density at radius 2 is 2.16 bits per heavy atom. The fourth-order valence-corrected chi connectivity index (χ4v) is 3.90. The van der Waals surface area contributed by atoms with Crippen LogP contribution in [0, 0.1) is 5.92 Å². The number of aromatic nitrogens is 1. The molecule has 108 valence electrons. The number of methoxy groups -OCH3 is 1. The number of nitrogens with two attached hydrogens (primary N) is 1. The monoisotopic (exact) mass is 283 g/mol. The van der Waals surface area contributed by atoms with Gasteiger partial charge in [-0.15, -0.1) is 11.3 Å². The fraction of sp³-hybridized carbons (Fsp3) is 0.786. The van der Waals surface area contributed by atoms with Crippen molar-refractivity contribution in [1.29, 1.82) is 0 Å². The third kappa shape index (κ3) is 3.27. The summed E-state index contributed by atoms with van der Waals surface area (Å²) in [6.07, 6.45) is 5.30. The van der Waals surface area contributed by atoms with Crippen LogP contribution in [-0.4, -0.2) is 25.2 Å². The lowest BCUT2D eigenvalue weighted by atomic mass is 9.85. The minimum absolute atomic E-state index is 0.546. The predicted octanol–water partition coefficient (Wildman–Crippen LogP) is 2.76. The van der Waals surface area contributed by atoms with Gasteiger partial charge < -0.3 is 15.4 Å². The maximum Gasteiger partial charge on any atom is 0.185 e.